The summed E-state index contributed by atoms with van der Waals surface area (Å²) in [5, 5.41) is 5.42. The van der Waals surface area contributed by atoms with Gasteiger partial charge in [-0.15, -0.1) is 0 Å². The van der Waals surface area contributed by atoms with Gasteiger partial charge in [-0.1, -0.05) is 36.4 Å². The van der Waals surface area contributed by atoms with E-state index in [1.54, 1.807) is 40.8 Å². The van der Waals surface area contributed by atoms with Crippen LogP contribution in [0.2, 0.25) is 0 Å². The lowest BCUT2D eigenvalue weighted by atomic mass is 9.90. The summed E-state index contributed by atoms with van der Waals surface area (Å²) >= 11 is 0. The molecular formula is C29H42FN3O4. The fourth-order valence-corrected chi connectivity index (χ4v) is 4.23. The summed E-state index contributed by atoms with van der Waals surface area (Å²) in [4.78, 5) is 38.7. The average Bonchev–Trinajstić information content (AvgIpc) is 2.85. The lowest BCUT2D eigenvalue weighted by Gasteiger charge is -2.38. The molecule has 1 saturated heterocycles. The van der Waals surface area contributed by atoms with Crippen LogP contribution < -0.4 is 10.6 Å². The number of aryl methyl sites for hydroxylation is 1. The molecule has 1 aliphatic rings. The molecule has 8 heteroatoms. The van der Waals surface area contributed by atoms with E-state index in [2.05, 4.69) is 10.6 Å². The van der Waals surface area contributed by atoms with Gasteiger partial charge >= 0.3 is 6.09 Å². The highest BCUT2D eigenvalue weighted by atomic mass is 19.1. The number of nitrogens with zero attached hydrogens (tertiary/aromatic N) is 1. The normalized spacial score (nSPS) is 18.8. The van der Waals surface area contributed by atoms with Gasteiger partial charge in [0, 0.05) is 31.3 Å². The Labute approximate surface area is 220 Å². The molecule has 37 heavy (non-hydrogen) atoms. The van der Waals surface area contributed by atoms with Crippen LogP contribution in [0.3, 0.4) is 0 Å². The number of hydrogen-bond acceptors (Lipinski definition) is 4. The van der Waals surface area contributed by atoms with Gasteiger partial charge in [-0.2, -0.15) is 0 Å². The van der Waals surface area contributed by atoms with Gasteiger partial charge in [-0.3, -0.25) is 9.59 Å². The molecule has 0 saturated carbocycles. The van der Waals surface area contributed by atoms with E-state index in [4.69, 9.17) is 4.74 Å². The molecule has 1 unspecified atom stereocenters. The van der Waals surface area contributed by atoms with E-state index in [1.807, 2.05) is 36.4 Å². The summed E-state index contributed by atoms with van der Waals surface area (Å²) < 4.78 is 20.9. The van der Waals surface area contributed by atoms with Gasteiger partial charge < -0.3 is 20.3 Å². The molecular weight excluding hydrogens is 473 g/mol. The predicted octanol–water partition coefficient (Wildman–Crippen LogP) is 4.87. The van der Waals surface area contributed by atoms with Gasteiger partial charge in [-0.25, -0.2) is 9.18 Å². The number of halogens is 1. The number of allylic oxidation sites excluding steroid dienone is 1. The summed E-state index contributed by atoms with van der Waals surface area (Å²) in [6.45, 7) is 7.78. The molecule has 0 aromatic heterocycles. The molecule has 2 rings (SSSR count). The smallest absolute Gasteiger partial charge is 0.410 e. The fourth-order valence-electron chi connectivity index (χ4n) is 4.23. The molecule has 2 N–H and O–H groups in total. The first-order chi connectivity index (χ1) is 17.4. The SMILES string of the molecule is CNC(=O)/C(C)=C/C(=C\CCc1ccccc1)C(=O)NCCCC1(F)CCCN(C(=O)OC(C)(C)C)C1. The minimum absolute atomic E-state index is 0.00540. The van der Waals surface area contributed by atoms with Crippen molar-refractivity contribution in [3.05, 3.63) is 59.2 Å². The van der Waals surface area contributed by atoms with Crippen molar-refractivity contribution in [1.82, 2.24) is 15.5 Å². The van der Waals surface area contributed by atoms with Crippen LogP contribution in [0.5, 0.6) is 0 Å². The Morgan fingerprint density at radius 2 is 1.86 bits per heavy atom. The van der Waals surface area contributed by atoms with Crippen LogP contribution >= 0.6 is 0 Å². The largest absolute Gasteiger partial charge is 0.444 e. The van der Waals surface area contributed by atoms with Crippen LogP contribution in [0.4, 0.5) is 9.18 Å². The summed E-state index contributed by atoms with van der Waals surface area (Å²) in [7, 11) is 1.54. The number of hydrogen-bond donors (Lipinski definition) is 2. The van der Waals surface area contributed by atoms with Crippen molar-refractivity contribution < 1.29 is 23.5 Å². The standard InChI is InChI=1S/C29H42FN3O4/c1-22(25(34)31-5)20-24(15-9-14-23-12-7-6-8-13-23)26(35)32-18-10-16-29(30)17-11-19-33(21-29)27(36)37-28(2,3)4/h6-8,12-13,15,20H,9-11,14,16-19,21H2,1-5H3,(H,31,34)(H,32,35)/b22-20+,24-15+. The number of carbonyl (C=O) groups excluding carboxylic acids is 3. The van der Waals surface area contributed by atoms with Crippen LogP contribution in [0.15, 0.2) is 53.6 Å². The highest BCUT2D eigenvalue weighted by Gasteiger charge is 2.38. The van der Waals surface area contributed by atoms with E-state index in [9.17, 15) is 14.4 Å². The molecule has 1 heterocycles. The first kappa shape index (κ1) is 30.1. The quantitative estimate of drug-likeness (QED) is 0.264. The zero-order valence-electron chi connectivity index (χ0n) is 22.9. The fraction of sp³-hybridized carbons (Fsp3) is 0.552. The van der Waals surface area contributed by atoms with E-state index in [0.717, 1.165) is 12.0 Å². The van der Waals surface area contributed by atoms with Crippen LogP contribution in [-0.2, 0) is 20.7 Å². The molecule has 7 nitrogen and oxygen atoms in total. The van der Waals surface area contributed by atoms with Gasteiger partial charge in [0.25, 0.3) is 5.91 Å². The molecule has 0 spiro atoms. The van der Waals surface area contributed by atoms with Gasteiger partial charge in [0.05, 0.1) is 6.54 Å². The Hall–Kier alpha value is -3.16. The lowest BCUT2D eigenvalue weighted by Crippen LogP contribution is -2.49. The van der Waals surface area contributed by atoms with E-state index >= 15 is 4.39 Å². The topological polar surface area (TPSA) is 87.7 Å². The third-order valence-electron chi connectivity index (χ3n) is 6.13. The second-order valence-corrected chi connectivity index (χ2v) is 10.6. The summed E-state index contributed by atoms with van der Waals surface area (Å²) in [5.41, 5.74) is -0.151. The number of likely N-dealkylation sites (N-methyl/N-ethyl adjacent to an activating group) is 1. The molecule has 0 aliphatic carbocycles. The highest BCUT2D eigenvalue weighted by Crippen LogP contribution is 2.30. The number of alkyl halides is 1. The van der Waals surface area contributed by atoms with Gasteiger partial charge in [0.2, 0.25) is 5.91 Å². The highest BCUT2D eigenvalue weighted by molar-refractivity contribution is 6.00. The number of rotatable bonds is 10. The molecule has 0 bridgehead atoms. The van der Waals surface area contributed by atoms with Crippen molar-refractivity contribution in [3.8, 4) is 0 Å². The second kappa shape index (κ2) is 14.0. The molecule has 1 aromatic rings. The zero-order valence-corrected chi connectivity index (χ0v) is 22.9. The first-order valence-electron chi connectivity index (χ1n) is 13.0. The summed E-state index contributed by atoms with van der Waals surface area (Å²) in [6, 6.07) is 9.96. The molecule has 1 aromatic carbocycles. The Kier molecular flexibility index (Phi) is 11.3. The maximum Gasteiger partial charge on any atom is 0.410 e. The Morgan fingerprint density at radius 1 is 1.16 bits per heavy atom. The first-order valence-corrected chi connectivity index (χ1v) is 13.0. The molecule has 1 aliphatic heterocycles. The molecule has 204 valence electrons. The lowest BCUT2D eigenvalue weighted by molar-refractivity contribution is -0.117. The molecule has 1 fully saturated rings. The summed E-state index contributed by atoms with van der Waals surface area (Å²) in [6.07, 6.45) is 5.92. The number of piperidine rings is 1. The predicted molar refractivity (Wildman–Crippen MR) is 144 cm³/mol. The van der Waals surface area contributed by atoms with Crippen molar-refractivity contribution in [2.24, 2.45) is 0 Å². The zero-order chi connectivity index (χ0) is 27.5. The number of amides is 3. The minimum atomic E-state index is -1.51. The van der Waals surface area contributed by atoms with Gasteiger partial charge in [-0.05, 0) is 77.9 Å². The molecule has 1 atom stereocenters. The third-order valence-corrected chi connectivity index (χ3v) is 6.13. The maximum absolute atomic E-state index is 15.5. The van der Waals surface area contributed by atoms with Crippen molar-refractivity contribution in [2.75, 3.05) is 26.7 Å². The number of benzene rings is 1. The van der Waals surface area contributed by atoms with Crippen LogP contribution in [0, 0.1) is 0 Å². The van der Waals surface area contributed by atoms with Crippen LogP contribution in [0.25, 0.3) is 0 Å². The van der Waals surface area contributed by atoms with Crippen molar-refractivity contribution in [1.29, 1.82) is 0 Å². The monoisotopic (exact) mass is 515 g/mol. The van der Waals surface area contributed by atoms with Crippen molar-refractivity contribution in [2.45, 2.75) is 77.5 Å². The Morgan fingerprint density at radius 3 is 2.51 bits per heavy atom. The van der Waals surface area contributed by atoms with Crippen molar-refractivity contribution >= 4 is 17.9 Å². The van der Waals surface area contributed by atoms with Gasteiger partial charge in [0.15, 0.2) is 0 Å². The Bertz CT molecular complexity index is 985. The molecule has 3 amide bonds. The van der Waals surface area contributed by atoms with E-state index in [-0.39, 0.29) is 24.8 Å². The second-order valence-electron chi connectivity index (χ2n) is 10.6. The number of ether oxygens (including phenoxy) is 1. The third kappa shape index (κ3) is 10.8. The average molecular weight is 516 g/mol. The number of carbonyl (C=O) groups is 3. The van der Waals surface area contributed by atoms with Crippen molar-refractivity contribution in [3.63, 3.8) is 0 Å². The van der Waals surface area contributed by atoms with Crippen LogP contribution in [-0.4, -0.2) is 60.8 Å². The Balaban J connectivity index is 1.93. The van der Waals surface area contributed by atoms with E-state index in [0.29, 0.717) is 49.9 Å². The van der Waals surface area contributed by atoms with E-state index < -0.39 is 17.4 Å². The minimum Gasteiger partial charge on any atom is -0.444 e. The number of likely N-dealkylation sites (tertiary alicyclic amines) is 1. The van der Waals surface area contributed by atoms with E-state index in [1.165, 1.54) is 4.90 Å². The number of nitrogens with one attached hydrogen (secondary N) is 2. The van der Waals surface area contributed by atoms with Gasteiger partial charge in [0.1, 0.15) is 11.3 Å². The maximum atomic E-state index is 15.5. The molecule has 0 radical (unpaired) electrons. The summed E-state index contributed by atoms with van der Waals surface area (Å²) in [5.74, 6) is -0.559. The van der Waals surface area contributed by atoms with Crippen LogP contribution in [0.1, 0.15) is 65.4 Å².